The van der Waals surface area contributed by atoms with Crippen LogP contribution in [0.15, 0.2) is 83.9 Å². The fraction of sp³-hybridized carbons (Fsp3) is 0.250. The van der Waals surface area contributed by atoms with Gasteiger partial charge in [-0.15, -0.1) is 0 Å². The maximum Gasteiger partial charge on any atom is 0.283 e. The van der Waals surface area contributed by atoms with E-state index in [4.69, 9.17) is 9.47 Å². The standard InChI is InChI=1S/C32H30FN5O4S/c1-36-13-15-37(16-14-36)27-12-11-22-19-30(27)42-18-6-17-41-29-10-5-9-25(33)31(29)26-20-24-28(21-34-26)38(35-32(22)24)43(39,40)23-7-3-2-4-8-23/h2-5,7-12,19-21H,6,13-18H2,1H3. The van der Waals surface area contributed by atoms with Crippen LogP contribution in [-0.4, -0.2) is 73.9 Å². The van der Waals surface area contributed by atoms with Crippen LogP contribution in [0.3, 0.4) is 0 Å². The van der Waals surface area contributed by atoms with Crippen LogP contribution >= 0.6 is 0 Å². The highest BCUT2D eigenvalue weighted by atomic mass is 32.2. The first-order valence-corrected chi connectivity index (χ1v) is 15.7. The van der Waals surface area contributed by atoms with E-state index in [-0.39, 0.29) is 16.0 Å². The molecule has 11 heteroatoms. The van der Waals surface area contributed by atoms with Gasteiger partial charge >= 0.3 is 0 Å². The second kappa shape index (κ2) is 11.0. The fourth-order valence-electron chi connectivity index (χ4n) is 5.60. The molecule has 0 radical (unpaired) electrons. The van der Waals surface area contributed by atoms with Gasteiger partial charge in [-0.25, -0.2) is 4.39 Å². The van der Waals surface area contributed by atoms with E-state index in [9.17, 15) is 8.42 Å². The number of nitrogens with zero attached hydrogens (tertiary/aromatic N) is 5. The van der Waals surface area contributed by atoms with Gasteiger partial charge in [0.1, 0.15) is 28.5 Å². The molecule has 5 aromatic rings. The van der Waals surface area contributed by atoms with Crippen molar-refractivity contribution in [3.8, 4) is 34.0 Å². The normalized spacial score (nSPS) is 15.9. The molecular weight excluding hydrogens is 569 g/mol. The van der Waals surface area contributed by atoms with Crippen molar-refractivity contribution in [1.82, 2.24) is 19.1 Å². The third kappa shape index (κ3) is 4.98. The maximum absolute atomic E-state index is 15.3. The zero-order valence-corrected chi connectivity index (χ0v) is 24.4. The molecule has 3 aromatic carbocycles. The molecule has 0 atom stereocenters. The topological polar surface area (TPSA) is 89.8 Å². The summed E-state index contributed by atoms with van der Waals surface area (Å²) < 4.78 is 56.3. The third-order valence-corrected chi connectivity index (χ3v) is 9.52. The predicted molar refractivity (Wildman–Crippen MR) is 163 cm³/mol. The van der Waals surface area contributed by atoms with E-state index in [1.54, 1.807) is 36.4 Å². The molecule has 43 heavy (non-hydrogen) atoms. The zero-order chi connectivity index (χ0) is 29.6. The molecule has 1 saturated heterocycles. The number of pyridine rings is 1. The second-order valence-electron chi connectivity index (χ2n) is 10.7. The average Bonchev–Trinajstić information content (AvgIpc) is 3.41. The molecule has 2 aliphatic rings. The van der Waals surface area contributed by atoms with E-state index in [1.165, 1.54) is 24.4 Å². The van der Waals surface area contributed by atoms with Gasteiger partial charge in [-0.1, -0.05) is 30.3 Å². The Balaban J connectivity index is 1.46. The molecule has 2 aromatic heterocycles. The summed E-state index contributed by atoms with van der Waals surface area (Å²) in [5.74, 6) is 0.553. The minimum atomic E-state index is -4.07. The first kappa shape index (κ1) is 27.4. The van der Waals surface area contributed by atoms with Gasteiger partial charge in [0.05, 0.1) is 41.3 Å². The van der Waals surface area contributed by atoms with Gasteiger partial charge in [-0.3, -0.25) is 4.98 Å². The number of fused-ring (bicyclic) bond motifs is 6. The lowest BCUT2D eigenvalue weighted by Crippen LogP contribution is -2.44. The van der Waals surface area contributed by atoms with E-state index in [0.717, 1.165) is 36.0 Å². The van der Waals surface area contributed by atoms with Gasteiger partial charge in [0.25, 0.3) is 10.0 Å². The first-order valence-electron chi connectivity index (χ1n) is 14.2. The lowest BCUT2D eigenvalue weighted by molar-refractivity contribution is 0.247. The Labute approximate surface area is 249 Å². The molecule has 1 fully saturated rings. The van der Waals surface area contributed by atoms with Gasteiger partial charge in [-0.05, 0) is 49.5 Å². The number of likely N-dealkylation sites (N-methyl/N-ethyl adjacent to an activating group) is 1. The monoisotopic (exact) mass is 599 g/mol. The van der Waals surface area contributed by atoms with Crippen LogP contribution in [0.2, 0.25) is 0 Å². The zero-order valence-electron chi connectivity index (χ0n) is 23.6. The molecule has 2 aliphatic heterocycles. The average molecular weight is 600 g/mol. The highest BCUT2D eigenvalue weighted by Crippen LogP contribution is 2.40. The number of hydrogen-bond donors (Lipinski definition) is 0. The van der Waals surface area contributed by atoms with Crippen molar-refractivity contribution in [3.05, 3.63) is 84.8 Å². The van der Waals surface area contributed by atoms with Crippen LogP contribution < -0.4 is 14.4 Å². The van der Waals surface area contributed by atoms with Gasteiger partial charge in [0, 0.05) is 43.5 Å². The van der Waals surface area contributed by atoms with E-state index in [1.807, 2.05) is 18.2 Å². The quantitative estimate of drug-likeness (QED) is 0.285. The minimum Gasteiger partial charge on any atom is -0.493 e. The molecule has 4 heterocycles. The van der Waals surface area contributed by atoms with Crippen LogP contribution in [0.4, 0.5) is 10.1 Å². The van der Waals surface area contributed by atoms with Crippen LogP contribution in [0.1, 0.15) is 6.42 Å². The first-order chi connectivity index (χ1) is 20.9. The summed E-state index contributed by atoms with van der Waals surface area (Å²) in [6.07, 6.45) is 2.00. The van der Waals surface area contributed by atoms with Crippen LogP contribution in [0, 0.1) is 5.82 Å². The van der Waals surface area contributed by atoms with Crippen molar-refractivity contribution < 1.29 is 22.3 Å². The smallest absolute Gasteiger partial charge is 0.283 e. The maximum atomic E-state index is 15.3. The van der Waals surface area contributed by atoms with Gasteiger partial charge < -0.3 is 19.3 Å². The molecule has 0 unspecified atom stereocenters. The molecule has 0 aliphatic carbocycles. The molecular formula is C32H30FN5O4S. The number of aromatic nitrogens is 3. The highest BCUT2D eigenvalue weighted by Gasteiger charge is 2.27. The summed E-state index contributed by atoms with van der Waals surface area (Å²) in [6, 6.07) is 20.3. The molecule has 9 nitrogen and oxygen atoms in total. The predicted octanol–water partition coefficient (Wildman–Crippen LogP) is 5.05. The van der Waals surface area contributed by atoms with E-state index < -0.39 is 15.8 Å². The number of hydrogen-bond acceptors (Lipinski definition) is 8. The molecule has 4 bridgehead atoms. The number of halogens is 1. The van der Waals surface area contributed by atoms with Gasteiger partial charge in [0.2, 0.25) is 0 Å². The number of benzene rings is 3. The van der Waals surface area contributed by atoms with E-state index in [0.29, 0.717) is 53.5 Å². The summed E-state index contributed by atoms with van der Waals surface area (Å²) in [6.45, 7) is 4.30. The van der Waals surface area contributed by atoms with Crippen molar-refractivity contribution in [2.45, 2.75) is 11.3 Å². The Morgan fingerprint density at radius 2 is 1.63 bits per heavy atom. The summed E-state index contributed by atoms with van der Waals surface area (Å²) in [7, 11) is -1.96. The van der Waals surface area contributed by atoms with E-state index >= 15 is 4.39 Å². The molecule has 0 N–H and O–H groups in total. The van der Waals surface area contributed by atoms with Crippen molar-refractivity contribution in [1.29, 1.82) is 0 Å². The largest absolute Gasteiger partial charge is 0.493 e. The molecule has 220 valence electrons. The van der Waals surface area contributed by atoms with Crippen LogP contribution in [-0.2, 0) is 10.0 Å². The van der Waals surface area contributed by atoms with Gasteiger partial charge in [0.15, 0.2) is 0 Å². The second-order valence-corrected chi connectivity index (χ2v) is 12.5. The Morgan fingerprint density at radius 1 is 0.860 bits per heavy atom. The van der Waals surface area contributed by atoms with E-state index in [2.05, 4.69) is 26.9 Å². The van der Waals surface area contributed by atoms with Crippen molar-refractivity contribution in [2.24, 2.45) is 0 Å². The number of anilines is 1. The van der Waals surface area contributed by atoms with Crippen LogP contribution in [0.25, 0.3) is 33.4 Å². The summed E-state index contributed by atoms with van der Waals surface area (Å²) in [5.41, 5.74) is 2.88. The minimum absolute atomic E-state index is 0.0974. The molecule has 7 rings (SSSR count). The van der Waals surface area contributed by atoms with Crippen LogP contribution in [0.5, 0.6) is 11.5 Å². The number of ether oxygens (including phenoxy) is 2. The third-order valence-electron chi connectivity index (χ3n) is 7.92. The molecule has 0 saturated carbocycles. The molecule has 0 spiro atoms. The Morgan fingerprint density at radius 3 is 2.42 bits per heavy atom. The Hall–Kier alpha value is -4.48. The van der Waals surface area contributed by atoms with Gasteiger partial charge in [-0.2, -0.15) is 17.6 Å². The number of rotatable bonds is 3. The summed E-state index contributed by atoms with van der Waals surface area (Å²) in [5, 5.41) is 5.17. The Kier molecular flexibility index (Phi) is 6.98. The SMILES string of the molecule is CN1CCN(c2ccc3cc2OCCCOc2cccc(F)c2-c2cc4c-3nn(S(=O)(=O)c3ccccc3)c4cn2)CC1. The van der Waals surface area contributed by atoms with Crippen molar-refractivity contribution in [3.63, 3.8) is 0 Å². The summed E-state index contributed by atoms with van der Waals surface area (Å²) in [4.78, 5) is 9.20. The number of piperazine rings is 1. The van der Waals surface area contributed by atoms with Crippen molar-refractivity contribution in [2.75, 3.05) is 51.3 Å². The lowest BCUT2D eigenvalue weighted by Gasteiger charge is -2.35. The lowest BCUT2D eigenvalue weighted by atomic mass is 10.0. The fourth-order valence-corrected chi connectivity index (χ4v) is 6.89. The van der Waals surface area contributed by atoms with Crippen molar-refractivity contribution >= 4 is 26.6 Å². The summed E-state index contributed by atoms with van der Waals surface area (Å²) >= 11 is 0. The molecule has 0 amide bonds. The highest BCUT2D eigenvalue weighted by molar-refractivity contribution is 7.90. The Bertz CT molecular complexity index is 1920.